The first kappa shape index (κ1) is 21.7. The number of carbonyl (C=O) groups is 2. The molecule has 0 saturated heterocycles. The number of nitriles is 1. The summed E-state index contributed by atoms with van der Waals surface area (Å²) in [6.45, 7) is 0.901. The van der Waals surface area contributed by atoms with Crippen LogP contribution in [0.25, 0.3) is 0 Å². The van der Waals surface area contributed by atoms with Crippen LogP contribution in [0.5, 0.6) is 5.75 Å². The number of aliphatic hydroxyl groups is 1. The summed E-state index contributed by atoms with van der Waals surface area (Å²) in [5.74, 6) is -0.913. The summed E-state index contributed by atoms with van der Waals surface area (Å²) in [6, 6.07) is 10.2. The van der Waals surface area contributed by atoms with E-state index in [1.54, 1.807) is 12.1 Å². The number of nitrogens with one attached hydrogen (secondary N) is 2. The molecule has 2 aromatic carbocycles. The Morgan fingerprint density at radius 1 is 1.14 bits per heavy atom. The molecule has 0 aliphatic rings. The Kier molecular flexibility index (Phi) is 6.80. The minimum atomic E-state index is -4.77. The second-order valence-electron chi connectivity index (χ2n) is 5.89. The van der Waals surface area contributed by atoms with Gasteiger partial charge in [-0.1, -0.05) is 0 Å². The molecule has 0 spiro atoms. The molecule has 0 aliphatic carbocycles. The van der Waals surface area contributed by atoms with E-state index < -0.39 is 35.9 Å². The molecular weight excluding hydrogens is 391 g/mol. The van der Waals surface area contributed by atoms with Crippen molar-refractivity contribution in [1.29, 1.82) is 5.26 Å². The average molecular weight is 407 g/mol. The normalized spacial score (nSPS) is 11.9. The van der Waals surface area contributed by atoms with Gasteiger partial charge in [0.05, 0.1) is 17.2 Å². The minimum Gasteiger partial charge on any atom is -0.490 e. The summed E-state index contributed by atoms with van der Waals surface area (Å²) < 4.78 is 44.1. The second-order valence-corrected chi connectivity index (χ2v) is 5.89. The lowest BCUT2D eigenvalue weighted by atomic mass is 10.1. The number of halogens is 3. The molecule has 152 valence electrons. The molecule has 1 atom stereocenters. The molecule has 0 fully saturated rings. The van der Waals surface area contributed by atoms with Crippen LogP contribution in [0, 0.1) is 11.3 Å². The van der Waals surface area contributed by atoms with E-state index in [1.807, 2.05) is 0 Å². The topological polar surface area (TPSA) is 111 Å². The smallest absolute Gasteiger partial charge is 0.417 e. The fourth-order valence-electron chi connectivity index (χ4n) is 2.27. The maximum atomic E-state index is 13.0. The molecule has 0 saturated carbocycles. The number of benzene rings is 2. The van der Waals surface area contributed by atoms with Crippen LogP contribution in [-0.2, 0) is 15.8 Å². The van der Waals surface area contributed by atoms with Crippen molar-refractivity contribution in [3.8, 4) is 11.8 Å². The van der Waals surface area contributed by atoms with Gasteiger partial charge in [-0.3, -0.25) is 9.59 Å². The molecule has 0 bridgehead atoms. The monoisotopic (exact) mass is 407 g/mol. The number of aliphatic hydroxyl groups excluding tert-OH is 1. The predicted molar refractivity (Wildman–Crippen MR) is 97.0 cm³/mol. The van der Waals surface area contributed by atoms with Crippen molar-refractivity contribution >= 4 is 23.2 Å². The van der Waals surface area contributed by atoms with Crippen LogP contribution in [0.1, 0.15) is 18.1 Å². The lowest BCUT2D eigenvalue weighted by molar-refractivity contribution is -0.137. The summed E-state index contributed by atoms with van der Waals surface area (Å²) in [5.41, 5.74) is -1.46. The van der Waals surface area contributed by atoms with E-state index in [0.29, 0.717) is 17.5 Å². The Balaban J connectivity index is 1.97. The van der Waals surface area contributed by atoms with Gasteiger partial charge in [0, 0.05) is 18.3 Å². The molecule has 2 amide bonds. The molecule has 0 aromatic heterocycles. The summed E-state index contributed by atoms with van der Waals surface area (Å²) in [6.07, 6.45) is -6.42. The second kappa shape index (κ2) is 9.07. The van der Waals surface area contributed by atoms with Gasteiger partial charge in [-0.2, -0.15) is 18.4 Å². The molecule has 10 heteroatoms. The van der Waals surface area contributed by atoms with Crippen LogP contribution in [-0.4, -0.2) is 29.6 Å². The van der Waals surface area contributed by atoms with Gasteiger partial charge in [0.2, 0.25) is 5.91 Å². The minimum absolute atomic E-state index is 0.222. The Morgan fingerprint density at radius 2 is 1.76 bits per heavy atom. The quantitative estimate of drug-likeness (QED) is 0.682. The van der Waals surface area contributed by atoms with E-state index in [1.165, 1.54) is 25.1 Å². The summed E-state index contributed by atoms with van der Waals surface area (Å²) in [4.78, 5) is 22.9. The van der Waals surface area contributed by atoms with E-state index in [9.17, 15) is 27.9 Å². The molecular formula is C19H16F3N3O4. The van der Waals surface area contributed by atoms with Crippen LogP contribution in [0.2, 0.25) is 0 Å². The number of rotatable bonds is 6. The molecule has 29 heavy (non-hydrogen) atoms. The van der Waals surface area contributed by atoms with Crippen LogP contribution in [0.15, 0.2) is 42.5 Å². The molecule has 2 rings (SSSR count). The van der Waals surface area contributed by atoms with Crippen LogP contribution in [0.4, 0.5) is 24.5 Å². The Bertz CT molecular complexity index is 937. The standard InChI is InChI=1S/C19H16F3N3O4/c1-11(26)24-13-4-6-15(7-5-13)29-10-17(27)18(28)25-14-3-2-12(9-23)16(8-14)19(20,21)22/h2-8,17,27H,10H2,1H3,(H,24,26)(H,25,28)/t17-/m0/s1. The first-order chi connectivity index (χ1) is 13.6. The third kappa shape index (κ3) is 6.22. The zero-order valence-corrected chi connectivity index (χ0v) is 15.1. The van der Waals surface area contributed by atoms with Gasteiger partial charge in [0.15, 0.2) is 6.10 Å². The number of amides is 2. The Morgan fingerprint density at radius 3 is 2.31 bits per heavy atom. The van der Waals surface area contributed by atoms with Crippen molar-refractivity contribution in [2.45, 2.75) is 19.2 Å². The number of anilines is 2. The number of hydrogen-bond acceptors (Lipinski definition) is 5. The average Bonchev–Trinajstić information content (AvgIpc) is 2.66. The molecule has 2 aromatic rings. The largest absolute Gasteiger partial charge is 0.490 e. The van der Waals surface area contributed by atoms with E-state index >= 15 is 0 Å². The molecule has 0 radical (unpaired) electrons. The van der Waals surface area contributed by atoms with E-state index in [2.05, 4.69) is 10.6 Å². The van der Waals surface area contributed by atoms with Gasteiger partial charge < -0.3 is 20.5 Å². The van der Waals surface area contributed by atoms with Gasteiger partial charge in [-0.05, 0) is 42.5 Å². The fourth-order valence-corrected chi connectivity index (χ4v) is 2.27. The van der Waals surface area contributed by atoms with Crippen molar-refractivity contribution < 1.29 is 32.6 Å². The molecule has 0 heterocycles. The number of alkyl halides is 3. The summed E-state index contributed by atoms with van der Waals surface area (Å²) >= 11 is 0. The van der Waals surface area contributed by atoms with Crippen LogP contribution < -0.4 is 15.4 Å². The maximum Gasteiger partial charge on any atom is 0.417 e. The maximum absolute atomic E-state index is 13.0. The fraction of sp³-hybridized carbons (Fsp3) is 0.211. The molecule has 0 unspecified atom stereocenters. The third-order valence-corrected chi connectivity index (χ3v) is 3.60. The van der Waals surface area contributed by atoms with Gasteiger partial charge in [0.1, 0.15) is 12.4 Å². The van der Waals surface area contributed by atoms with Crippen LogP contribution >= 0.6 is 0 Å². The van der Waals surface area contributed by atoms with Crippen molar-refractivity contribution in [3.63, 3.8) is 0 Å². The number of hydrogen-bond donors (Lipinski definition) is 3. The predicted octanol–water partition coefficient (Wildman–Crippen LogP) is 2.91. The number of carbonyl (C=O) groups excluding carboxylic acids is 2. The highest BCUT2D eigenvalue weighted by atomic mass is 19.4. The highest BCUT2D eigenvalue weighted by Crippen LogP contribution is 2.33. The van der Waals surface area contributed by atoms with Crippen molar-refractivity contribution in [3.05, 3.63) is 53.6 Å². The zero-order valence-electron chi connectivity index (χ0n) is 15.1. The highest BCUT2D eigenvalue weighted by molar-refractivity contribution is 5.94. The lowest BCUT2D eigenvalue weighted by Gasteiger charge is -2.15. The Labute approximate surface area is 163 Å². The summed E-state index contributed by atoms with van der Waals surface area (Å²) in [7, 11) is 0. The third-order valence-electron chi connectivity index (χ3n) is 3.60. The highest BCUT2D eigenvalue weighted by Gasteiger charge is 2.34. The Hall–Kier alpha value is -3.58. The van der Waals surface area contributed by atoms with Crippen molar-refractivity contribution in [2.24, 2.45) is 0 Å². The van der Waals surface area contributed by atoms with Crippen LogP contribution in [0.3, 0.4) is 0 Å². The van der Waals surface area contributed by atoms with Gasteiger partial charge in [-0.25, -0.2) is 0 Å². The molecule has 0 aliphatic heterocycles. The van der Waals surface area contributed by atoms with E-state index in [-0.39, 0.29) is 11.6 Å². The van der Waals surface area contributed by atoms with Gasteiger partial charge >= 0.3 is 6.18 Å². The first-order valence-corrected chi connectivity index (χ1v) is 8.21. The SMILES string of the molecule is CC(=O)Nc1ccc(OC[C@H](O)C(=O)Nc2ccc(C#N)c(C(F)(F)F)c2)cc1. The lowest BCUT2D eigenvalue weighted by Crippen LogP contribution is -2.33. The molecule has 7 nitrogen and oxygen atoms in total. The van der Waals surface area contributed by atoms with E-state index in [4.69, 9.17) is 10.00 Å². The molecule has 3 N–H and O–H groups in total. The van der Waals surface area contributed by atoms with E-state index in [0.717, 1.165) is 12.1 Å². The van der Waals surface area contributed by atoms with Gasteiger partial charge in [-0.15, -0.1) is 0 Å². The number of nitrogens with zero attached hydrogens (tertiary/aromatic N) is 1. The van der Waals surface area contributed by atoms with Crippen molar-refractivity contribution in [2.75, 3.05) is 17.2 Å². The first-order valence-electron chi connectivity index (χ1n) is 8.21. The summed E-state index contributed by atoms with van der Waals surface area (Å²) in [5, 5.41) is 23.3. The van der Waals surface area contributed by atoms with Gasteiger partial charge in [0.25, 0.3) is 5.91 Å². The zero-order chi connectivity index (χ0) is 21.6. The van der Waals surface area contributed by atoms with Crippen molar-refractivity contribution in [1.82, 2.24) is 0 Å². The number of ether oxygens (including phenoxy) is 1.